The minimum Gasteiger partial charge on any atom is -0.445 e. The third-order valence-corrected chi connectivity index (χ3v) is 4.12. The van der Waals surface area contributed by atoms with Crippen LogP contribution in [0.4, 0.5) is 4.79 Å². The van der Waals surface area contributed by atoms with E-state index in [0.717, 1.165) is 27.7 Å². The van der Waals surface area contributed by atoms with Crippen molar-refractivity contribution in [2.24, 2.45) is 0 Å². The molecule has 5 heteroatoms. The number of aryl methyl sites for hydroxylation is 1. The van der Waals surface area contributed by atoms with Gasteiger partial charge in [-0.15, -0.1) is 0 Å². The van der Waals surface area contributed by atoms with Gasteiger partial charge in [0.15, 0.2) is 0 Å². The number of amides is 1. The number of nitriles is 1. The van der Waals surface area contributed by atoms with E-state index in [-0.39, 0.29) is 6.61 Å². The van der Waals surface area contributed by atoms with Gasteiger partial charge in [0.2, 0.25) is 0 Å². The Balaban J connectivity index is 1.59. The Morgan fingerprint density at radius 3 is 2.76 bits per heavy atom. The molecule has 25 heavy (non-hydrogen) atoms. The molecule has 0 unspecified atom stereocenters. The molecular weight excluding hydrogens is 314 g/mol. The fourth-order valence-corrected chi connectivity index (χ4v) is 2.92. The van der Waals surface area contributed by atoms with Crippen LogP contribution in [0.5, 0.6) is 0 Å². The zero-order valence-electron chi connectivity index (χ0n) is 14.0. The second-order valence-corrected chi connectivity index (χ2v) is 5.81. The number of H-pyrrole nitrogens is 1. The third-order valence-electron chi connectivity index (χ3n) is 4.12. The molecule has 3 rings (SSSR count). The molecule has 0 saturated carbocycles. The maximum atomic E-state index is 11.8. The number of fused-ring (bicyclic) bond motifs is 1. The van der Waals surface area contributed by atoms with Gasteiger partial charge in [0.1, 0.15) is 6.61 Å². The molecule has 5 nitrogen and oxygen atoms in total. The van der Waals surface area contributed by atoms with Gasteiger partial charge in [-0.3, -0.25) is 0 Å². The molecule has 2 N–H and O–H groups in total. The Labute approximate surface area is 146 Å². The monoisotopic (exact) mass is 333 g/mol. The predicted octanol–water partition coefficient (Wildman–Crippen LogP) is 3.82. The first kappa shape index (κ1) is 16.6. The summed E-state index contributed by atoms with van der Waals surface area (Å²) in [5, 5.41) is 13.0. The van der Waals surface area contributed by atoms with Crippen molar-refractivity contribution >= 4 is 17.0 Å². The van der Waals surface area contributed by atoms with Gasteiger partial charge in [0.25, 0.3) is 0 Å². The van der Waals surface area contributed by atoms with Gasteiger partial charge < -0.3 is 15.0 Å². The molecule has 1 aromatic heterocycles. The molecule has 0 fully saturated rings. The van der Waals surface area contributed by atoms with Crippen LogP contribution in [0.3, 0.4) is 0 Å². The Bertz CT molecular complexity index is 923. The lowest BCUT2D eigenvalue weighted by molar-refractivity contribution is 0.140. The first-order valence-electron chi connectivity index (χ1n) is 8.14. The number of aromatic amines is 1. The van der Waals surface area contributed by atoms with E-state index in [9.17, 15) is 10.1 Å². The SMILES string of the molecule is Cc1[nH]c2cccc(C#N)c2c1CCNC(=O)OCc1ccccc1. The van der Waals surface area contributed by atoms with Crippen LogP contribution in [0.25, 0.3) is 10.9 Å². The number of nitrogens with zero attached hydrogens (tertiary/aromatic N) is 1. The Kier molecular flexibility index (Phi) is 5.00. The maximum absolute atomic E-state index is 11.8. The largest absolute Gasteiger partial charge is 0.445 e. The summed E-state index contributed by atoms with van der Waals surface area (Å²) in [7, 11) is 0. The van der Waals surface area contributed by atoms with Crippen LogP contribution in [-0.4, -0.2) is 17.6 Å². The van der Waals surface area contributed by atoms with E-state index >= 15 is 0 Å². The molecule has 0 atom stereocenters. The van der Waals surface area contributed by atoms with Gasteiger partial charge in [0, 0.05) is 23.1 Å². The molecule has 0 aliphatic heterocycles. The second kappa shape index (κ2) is 7.54. The number of alkyl carbamates (subject to hydrolysis) is 1. The van der Waals surface area contributed by atoms with Gasteiger partial charge in [0.05, 0.1) is 11.6 Å². The Morgan fingerprint density at radius 1 is 1.20 bits per heavy atom. The van der Waals surface area contributed by atoms with Gasteiger partial charge in [-0.05, 0) is 36.6 Å². The summed E-state index contributed by atoms with van der Waals surface area (Å²) < 4.78 is 5.20. The molecule has 0 spiro atoms. The summed E-state index contributed by atoms with van der Waals surface area (Å²) >= 11 is 0. The van der Waals surface area contributed by atoms with Crippen molar-refractivity contribution in [2.75, 3.05) is 6.54 Å². The quantitative estimate of drug-likeness (QED) is 0.745. The minimum atomic E-state index is -0.443. The first-order valence-corrected chi connectivity index (χ1v) is 8.14. The van der Waals surface area contributed by atoms with Crippen LogP contribution < -0.4 is 5.32 Å². The predicted molar refractivity (Wildman–Crippen MR) is 96.1 cm³/mol. The van der Waals surface area contributed by atoms with Crippen molar-refractivity contribution in [3.8, 4) is 6.07 Å². The zero-order valence-corrected chi connectivity index (χ0v) is 14.0. The van der Waals surface area contributed by atoms with Crippen LogP contribution in [0.15, 0.2) is 48.5 Å². The summed E-state index contributed by atoms with van der Waals surface area (Å²) in [5.41, 5.74) is 4.60. The minimum absolute atomic E-state index is 0.247. The second-order valence-electron chi connectivity index (χ2n) is 5.81. The molecule has 0 aliphatic carbocycles. The van der Waals surface area contributed by atoms with E-state index in [1.54, 1.807) is 6.07 Å². The average Bonchev–Trinajstić information content (AvgIpc) is 2.96. The smallest absolute Gasteiger partial charge is 0.407 e. The number of nitrogens with one attached hydrogen (secondary N) is 2. The molecule has 0 aliphatic rings. The topological polar surface area (TPSA) is 77.9 Å². The number of ether oxygens (including phenoxy) is 1. The summed E-state index contributed by atoms with van der Waals surface area (Å²) in [6.45, 7) is 2.67. The lowest BCUT2D eigenvalue weighted by Gasteiger charge is -2.07. The maximum Gasteiger partial charge on any atom is 0.407 e. The zero-order chi connectivity index (χ0) is 17.6. The fraction of sp³-hybridized carbons (Fsp3) is 0.200. The van der Waals surface area contributed by atoms with Crippen LogP contribution in [-0.2, 0) is 17.8 Å². The molecule has 2 aromatic carbocycles. The number of aromatic nitrogens is 1. The Hall–Kier alpha value is -3.26. The number of carbonyl (C=O) groups excluding carboxylic acids is 1. The summed E-state index contributed by atoms with van der Waals surface area (Å²) in [5.74, 6) is 0. The van der Waals surface area contributed by atoms with Crippen LogP contribution in [0.2, 0.25) is 0 Å². The van der Waals surface area contributed by atoms with E-state index in [1.807, 2.05) is 49.4 Å². The van der Waals surface area contributed by atoms with Crippen LogP contribution in [0, 0.1) is 18.3 Å². The first-order chi connectivity index (χ1) is 12.2. The molecule has 1 heterocycles. The van der Waals surface area contributed by atoms with Crippen LogP contribution >= 0.6 is 0 Å². The molecule has 0 saturated heterocycles. The van der Waals surface area contributed by atoms with Crippen molar-refractivity contribution in [1.29, 1.82) is 5.26 Å². The van der Waals surface area contributed by atoms with E-state index in [1.165, 1.54) is 0 Å². The number of benzene rings is 2. The normalized spacial score (nSPS) is 10.4. The summed E-state index contributed by atoms with van der Waals surface area (Å²) in [4.78, 5) is 15.1. The highest BCUT2D eigenvalue weighted by Crippen LogP contribution is 2.25. The van der Waals surface area contributed by atoms with Crippen molar-refractivity contribution in [3.05, 3.63) is 70.9 Å². The highest BCUT2D eigenvalue weighted by molar-refractivity contribution is 5.90. The number of hydrogen-bond donors (Lipinski definition) is 2. The lowest BCUT2D eigenvalue weighted by Crippen LogP contribution is -2.26. The standard InChI is InChI=1S/C20H19N3O2/c1-14-17(19-16(12-21)8-5-9-18(19)23-14)10-11-22-20(24)25-13-15-6-3-2-4-7-15/h2-9,23H,10-11,13H2,1H3,(H,22,24). The average molecular weight is 333 g/mol. The lowest BCUT2D eigenvalue weighted by atomic mass is 10.0. The van der Waals surface area contributed by atoms with Crippen molar-refractivity contribution < 1.29 is 9.53 Å². The summed E-state index contributed by atoms with van der Waals surface area (Å²) in [6, 6.07) is 17.4. The van der Waals surface area contributed by atoms with E-state index in [0.29, 0.717) is 18.5 Å². The number of hydrogen-bond acceptors (Lipinski definition) is 3. The number of carbonyl (C=O) groups is 1. The highest BCUT2D eigenvalue weighted by atomic mass is 16.5. The molecule has 3 aromatic rings. The third kappa shape index (κ3) is 3.81. The molecule has 0 radical (unpaired) electrons. The molecular formula is C20H19N3O2. The highest BCUT2D eigenvalue weighted by Gasteiger charge is 2.12. The van der Waals surface area contributed by atoms with E-state index in [4.69, 9.17) is 4.74 Å². The molecule has 0 bridgehead atoms. The van der Waals surface area contributed by atoms with E-state index < -0.39 is 6.09 Å². The van der Waals surface area contributed by atoms with Gasteiger partial charge in [-0.2, -0.15) is 5.26 Å². The van der Waals surface area contributed by atoms with Crippen LogP contribution in [0.1, 0.15) is 22.4 Å². The van der Waals surface area contributed by atoms with E-state index in [2.05, 4.69) is 16.4 Å². The molecule has 1 amide bonds. The van der Waals surface area contributed by atoms with Gasteiger partial charge in [-0.25, -0.2) is 4.79 Å². The number of rotatable bonds is 5. The molecule has 126 valence electrons. The van der Waals surface area contributed by atoms with Crippen molar-refractivity contribution in [1.82, 2.24) is 10.3 Å². The summed E-state index contributed by atoms with van der Waals surface area (Å²) in [6.07, 6.45) is 0.187. The van der Waals surface area contributed by atoms with Gasteiger partial charge in [-0.1, -0.05) is 36.4 Å². The van der Waals surface area contributed by atoms with Crippen molar-refractivity contribution in [3.63, 3.8) is 0 Å². The van der Waals surface area contributed by atoms with Crippen molar-refractivity contribution in [2.45, 2.75) is 20.0 Å². The van der Waals surface area contributed by atoms with Gasteiger partial charge >= 0.3 is 6.09 Å². The Morgan fingerprint density at radius 2 is 2.00 bits per heavy atom. The fourth-order valence-electron chi connectivity index (χ4n) is 2.92.